The van der Waals surface area contributed by atoms with E-state index < -0.39 is 0 Å². The number of hydrogen-bond donors (Lipinski definition) is 2. The van der Waals surface area contributed by atoms with Crippen LogP contribution in [0, 0.1) is 10.5 Å². The maximum absolute atomic E-state index is 12.3. The largest absolute Gasteiger partial charge is 0.387 e. The predicted molar refractivity (Wildman–Crippen MR) is 90.6 cm³/mol. The van der Waals surface area contributed by atoms with Crippen LogP contribution in [0.4, 0.5) is 11.4 Å². The molecule has 0 aliphatic carbocycles. The first kappa shape index (κ1) is 15.1. The van der Waals surface area contributed by atoms with E-state index in [0.717, 1.165) is 15.0 Å². The molecule has 0 atom stereocenters. The van der Waals surface area contributed by atoms with E-state index in [1.807, 2.05) is 19.1 Å². The molecule has 0 spiro atoms. The zero-order valence-corrected chi connectivity index (χ0v) is 13.9. The summed E-state index contributed by atoms with van der Waals surface area (Å²) >= 11 is 8.27. The molecular formula is C14H13ClIN3O. The van der Waals surface area contributed by atoms with Crippen molar-refractivity contribution in [2.24, 2.45) is 0 Å². The molecule has 0 radical (unpaired) electrons. The van der Waals surface area contributed by atoms with E-state index in [9.17, 15) is 4.79 Å². The van der Waals surface area contributed by atoms with Crippen LogP contribution in [0.25, 0.3) is 0 Å². The van der Waals surface area contributed by atoms with Crippen molar-refractivity contribution in [2.75, 3.05) is 17.7 Å². The second-order valence-corrected chi connectivity index (χ2v) is 5.85. The smallest absolute Gasteiger partial charge is 0.259 e. The molecule has 0 saturated carbocycles. The van der Waals surface area contributed by atoms with Crippen LogP contribution in [0.5, 0.6) is 0 Å². The number of pyridine rings is 1. The molecule has 0 saturated heterocycles. The highest BCUT2D eigenvalue weighted by Gasteiger charge is 2.13. The third-order valence-corrected chi connectivity index (χ3v) is 3.72. The predicted octanol–water partition coefficient (Wildman–Crippen LogP) is 3.94. The number of rotatable bonds is 3. The zero-order valence-electron chi connectivity index (χ0n) is 11.0. The van der Waals surface area contributed by atoms with Crippen LogP contribution in [0.1, 0.15) is 16.1 Å². The van der Waals surface area contributed by atoms with Crippen LogP contribution in [0.2, 0.25) is 5.02 Å². The summed E-state index contributed by atoms with van der Waals surface area (Å²) < 4.78 is 1.01. The molecule has 0 bridgehead atoms. The van der Waals surface area contributed by atoms with Gasteiger partial charge in [0, 0.05) is 22.5 Å². The quantitative estimate of drug-likeness (QED) is 0.766. The topological polar surface area (TPSA) is 54.0 Å². The van der Waals surface area contributed by atoms with Crippen molar-refractivity contribution in [3.63, 3.8) is 0 Å². The number of anilines is 2. The van der Waals surface area contributed by atoms with E-state index in [-0.39, 0.29) is 5.91 Å². The molecule has 0 aliphatic heterocycles. The van der Waals surface area contributed by atoms with Gasteiger partial charge in [-0.25, -0.2) is 0 Å². The van der Waals surface area contributed by atoms with Gasteiger partial charge in [0.25, 0.3) is 5.91 Å². The van der Waals surface area contributed by atoms with Crippen molar-refractivity contribution in [3.05, 3.63) is 50.3 Å². The number of nitrogens with zero attached hydrogens (tertiary/aromatic N) is 1. The van der Waals surface area contributed by atoms with E-state index in [1.165, 1.54) is 0 Å². The van der Waals surface area contributed by atoms with Gasteiger partial charge in [0.15, 0.2) is 0 Å². The molecule has 0 fully saturated rings. The summed E-state index contributed by atoms with van der Waals surface area (Å²) in [6.45, 7) is 1.87. The Labute approximate surface area is 136 Å². The van der Waals surface area contributed by atoms with Gasteiger partial charge in [-0.15, -0.1) is 0 Å². The molecule has 104 valence electrons. The van der Waals surface area contributed by atoms with E-state index in [2.05, 4.69) is 38.2 Å². The van der Waals surface area contributed by atoms with Crippen LogP contribution in [-0.4, -0.2) is 17.9 Å². The molecule has 20 heavy (non-hydrogen) atoms. The number of nitrogens with one attached hydrogen (secondary N) is 2. The fourth-order valence-corrected chi connectivity index (χ4v) is 2.63. The summed E-state index contributed by atoms with van der Waals surface area (Å²) in [5.74, 6) is -0.245. The van der Waals surface area contributed by atoms with Crippen LogP contribution in [0.15, 0.2) is 30.5 Å². The second kappa shape index (κ2) is 6.41. The third-order valence-electron chi connectivity index (χ3n) is 2.73. The fraction of sp³-hybridized carbons (Fsp3) is 0.143. The Balaban J connectivity index is 2.28. The molecule has 2 aromatic rings. The SMILES string of the molecule is CNc1cc(C)ncc1C(=O)Nc1ccc(I)cc1Cl. The van der Waals surface area contributed by atoms with Gasteiger partial charge in [0.2, 0.25) is 0 Å². The van der Waals surface area contributed by atoms with E-state index >= 15 is 0 Å². The summed E-state index contributed by atoms with van der Waals surface area (Å²) in [5, 5.41) is 6.30. The van der Waals surface area contributed by atoms with Gasteiger partial charge in [-0.05, 0) is 53.8 Å². The number of benzene rings is 1. The number of hydrogen-bond acceptors (Lipinski definition) is 3. The standard InChI is InChI=1S/C14H13ClIN3O/c1-8-5-13(17-2)10(7-18-8)14(20)19-12-4-3-9(16)6-11(12)15/h3-7H,1-2H3,(H,17,18)(H,19,20). The normalized spacial score (nSPS) is 10.2. The number of halogens is 2. The zero-order chi connectivity index (χ0) is 14.7. The lowest BCUT2D eigenvalue weighted by molar-refractivity contribution is 0.102. The highest BCUT2D eigenvalue weighted by atomic mass is 127. The van der Waals surface area contributed by atoms with Crippen LogP contribution < -0.4 is 10.6 Å². The van der Waals surface area contributed by atoms with Gasteiger partial charge in [-0.1, -0.05) is 11.6 Å². The minimum absolute atomic E-state index is 0.245. The van der Waals surface area contributed by atoms with E-state index in [1.54, 1.807) is 25.4 Å². The first-order valence-corrected chi connectivity index (χ1v) is 7.37. The lowest BCUT2D eigenvalue weighted by Crippen LogP contribution is -2.15. The van der Waals surface area contributed by atoms with Crippen molar-refractivity contribution < 1.29 is 4.79 Å². The summed E-state index contributed by atoms with van der Waals surface area (Å²) in [6, 6.07) is 7.28. The summed E-state index contributed by atoms with van der Waals surface area (Å²) in [4.78, 5) is 16.4. The first-order valence-electron chi connectivity index (χ1n) is 5.92. The maximum atomic E-state index is 12.3. The molecule has 1 amide bonds. The number of amides is 1. The summed E-state index contributed by atoms with van der Waals surface area (Å²) in [7, 11) is 1.77. The minimum Gasteiger partial charge on any atom is -0.387 e. The monoisotopic (exact) mass is 401 g/mol. The highest BCUT2D eigenvalue weighted by molar-refractivity contribution is 14.1. The average molecular weight is 402 g/mol. The van der Waals surface area contributed by atoms with Crippen molar-refractivity contribution in [1.29, 1.82) is 0 Å². The van der Waals surface area contributed by atoms with Gasteiger partial charge < -0.3 is 10.6 Å². The third kappa shape index (κ3) is 3.40. The Kier molecular flexibility index (Phi) is 4.82. The number of aromatic nitrogens is 1. The fourth-order valence-electron chi connectivity index (χ4n) is 1.73. The Morgan fingerprint density at radius 1 is 1.30 bits per heavy atom. The van der Waals surface area contributed by atoms with Gasteiger partial charge in [-0.3, -0.25) is 9.78 Å². The van der Waals surface area contributed by atoms with Crippen molar-refractivity contribution >= 4 is 51.5 Å². The molecule has 1 aromatic heterocycles. The molecular weight excluding hydrogens is 389 g/mol. The summed E-state index contributed by atoms with van der Waals surface area (Å²) in [5.41, 5.74) is 2.64. The van der Waals surface area contributed by atoms with Gasteiger partial charge >= 0.3 is 0 Å². The van der Waals surface area contributed by atoms with Crippen molar-refractivity contribution in [3.8, 4) is 0 Å². The molecule has 2 rings (SSSR count). The molecule has 2 N–H and O–H groups in total. The molecule has 4 nitrogen and oxygen atoms in total. The Morgan fingerprint density at radius 3 is 2.70 bits per heavy atom. The average Bonchev–Trinajstić information content (AvgIpc) is 2.41. The van der Waals surface area contributed by atoms with Crippen molar-refractivity contribution in [2.45, 2.75) is 6.92 Å². The molecule has 0 unspecified atom stereocenters. The molecule has 1 aromatic carbocycles. The molecule has 0 aliphatic rings. The number of aryl methyl sites for hydroxylation is 1. The number of carbonyl (C=O) groups is 1. The first-order chi connectivity index (χ1) is 9.51. The van der Waals surface area contributed by atoms with Gasteiger partial charge in [-0.2, -0.15) is 0 Å². The minimum atomic E-state index is -0.245. The maximum Gasteiger partial charge on any atom is 0.259 e. The lowest BCUT2D eigenvalue weighted by atomic mass is 10.2. The Bertz CT molecular complexity index is 661. The highest BCUT2D eigenvalue weighted by Crippen LogP contribution is 2.25. The Hall–Kier alpha value is -1.34. The van der Waals surface area contributed by atoms with Gasteiger partial charge in [0.05, 0.1) is 22.0 Å². The van der Waals surface area contributed by atoms with Gasteiger partial charge in [0.1, 0.15) is 0 Å². The second-order valence-electron chi connectivity index (χ2n) is 4.20. The lowest BCUT2D eigenvalue weighted by Gasteiger charge is -2.11. The Morgan fingerprint density at radius 2 is 2.05 bits per heavy atom. The van der Waals surface area contributed by atoms with Crippen LogP contribution >= 0.6 is 34.2 Å². The molecule has 6 heteroatoms. The number of carbonyl (C=O) groups excluding carboxylic acids is 1. The van der Waals surface area contributed by atoms with Crippen molar-refractivity contribution in [1.82, 2.24) is 4.98 Å². The van der Waals surface area contributed by atoms with E-state index in [0.29, 0.717) is 16.3 Å². The van der Waals surface area contributed by atoms with Crippen LogP contribution in [0.3, 0.4) is 0 Å². The van der Waals surface area contributed by atoms with E-state index in [4.69, 9.17) is 11.6 Å². The van der Waals surface area contributed by atoms with Crippen LogP contribution in [-0.2, 0) is 0 Å². The molecule has 1 heterocycles. The summed E-state index contributed by atoms with van der Waals surface area (Å²) in [6.07, 6.45) is 1.55.